The van der Waals surface area contributed by atoms with Gasteiger partial charge in [0.25, 0.3) is 0 Å². The minimum absolute atomic E-state index is 0.0474. The Kier molecular flexibility index (Phi) is 4.11. The number of anilines is 1. The molecule has 4 rings (SSSR count). The number of halogens is 1. The molecule has 0 aromatic heterocycles. The van der Waals surface area contributed by atoms with Crippen LogP contribution in [-0.2, 0) is 10.2 Å². The zero-order valence-electron chi connectivity index (χ0n) is 14.6. The third kappa shape index (κ3) is 2.65. The lowest BCUT2D eigenvalue weighted by Gasteiger charge is -2.44. The molecule has 2 heterocycles. The van der Waals surface area contributed by atoms with Crippen molar-refractivity contribution >= 4 is 11.6 Å². The summed E-state index contributed by atoms with van der Waals surface area (Å²) in [5.74, 6) is -0.123. The van der Waals surface area contributed by atoms with Crippen molar-refractivity contribution in [2.45, 2.75) is 63.3 Å². The van der Waals surface area contributed by atoms with E-state index in [2.05, 4.69) is 4.90 Å². The van der Waals surface area contributed by atoms with Gasteiger partial charge in [-0.25, -0.2) is 4.39 Å². The van der Waals surface area contributed by atoms with Crippen LogP contribution in [0.15, 0.2) is 18.2 Å². The second kappa shape index (κ2) is 6.14. The number of carbonyl (C=O) groups excluding carboxylic acids is 1. The fourth-order valence-corrected chi connectivity index (χ4v) is 5.11. The number of nitrogens with zero attached hydrogens (tertiary/aromatic N) is 2. The van der Waals surface area contributed by atoms with Gasteiger partial charge in [0.1, 0.15) is 5.82 Å². The molecule has 1 aromatic rings. The molecule has 3 aliphatic rings. The van der Waals surface area contributed by atoms with E-state index in [-0.39, 0.29) is 17.1 Å². The van der Waals surface area contributed by atoms with Crippen LogP contribution in [0.4, 0.5) is 10.1 Å². The summed E-state index contributed by atoms with van der Waals surface area (Å²) < 4.78 is 13.9. The van der Waals surface area contributed by atoms with Gasteiger partial charge in [-0.3, -0.25) is 4.79 Å². The first-order valence-electron chi connectivity index (χ1n) is 9.41. The van der Waals surface area contributed by atoms with Gasteiger partial charge in [0.2, 0.25) is 5.91 Å². The molecule has 0 N–H and O–H groups in total. The summed E-state index contributed by atoms with van der Waals surface area (Å²) in [6.45, 7) is 4.49. The fourth-order valence-electron chi connectivity index (χ4n) is 5.11. The Labute approximate surface area is 143 Å². The predicted molar refractivity (Wildman–Crippen MR) is 93.8 cm³/mol. The summed E-state index contributed by atoms with van der Waals surface area (Å²) in [6.07, 6.45) is 8.83. The Hall–Kier alpha value is -1.42. The van der Waals surface area contributed by atoms with Gasteiger partial charge in [0, 0.05) is 30.6 Å². The van der Waals surface area contributed by atoms with Crippen molar-refractivity contribution in [1.29, 1.82) is 0 Å². The van der Waals surface area contributed by atoms with Crippen molar-refractivity contribution in [1.82, 2.24) is 4.90 Å². The standard InChI is InChI=1S/C20H27FN2O/c1-15(24)23-14-20(18-13-16(21)7-8-19(18)23)9-11-22(12-10-20)17-5-3-2-4-6-17/h7-8,13,17H,2-6,9-12,14H2,1H3. The summed E-state index contributed by atoms with van der Waals surface area (Å²) >= 11 is 0. The lowest BCUT2D eigenvalue weighted by Crippen LogP contribution is -2.49. The highest BCUT2D eigenvalue weighted by molar-refractivity contribution is 5.94. The number of rotatable bonds is 1. The summed E-state index contributed by atoms with van der Waals surface area (Å²) in [6, 6.07) is 5.68. The molecular weight excluding hydrogens is 303 g/mol. The normalized spacial score (nSPS) is 24.3. The molecule has 0 atom stereocenters. The maximum absolute atomic E-state index is 13.9. The van der Waals surface area contributed by atoms with Gasteiger partial charge < -0.3 is 9.80 Å². The average Bonchev–Trinajstić information content (AvgIpc) is 2.91. The molecule has 0 unspecified atom stereocenters. The number of fused-ring (bicyclic) bond motifs is 2. The van der Waals surface area contributed by atoms with Gasteiger partial charge in [-0.2, -0.15) is 0 Å². The number of piperidine rings is 1. The molecule has 1 saturated heterocycles. The number of likely N-dealkylation sites (tertiary alicyclic amines) is 1. The van der Waals surface area contributed by atoms with Gasteiger partial charge in [0.15, 0.2) is 0 Å². The maximum Gasteiger partial charge on any atom is 0.223 e. The lowest BCUT2D eigenvalue weighted by atomic mass is 9.73. The van der Waals surface area contributed by atoms with Gasteiger partial charge >= 0.3 is 0 Å². The van der Waals surface area contributed by atoms with Crippen LogP contribution < -0.4 is 4.90 Å². The first-order valence-corrected chi connectivity index (χ1v) is 9.41. The van der Waals surface area contributed by atoms with E-state index in [9.17, 15) is 9.18 Å². The first-order chi connectivity index (χ1) is 11.6. The largest absolute Gasteiger partial charge is 0.311 e. The topological polar surface area (TPSA) is 23.6 Å². The SMILES string of the molecule is CC(=O)N1CC2(CCN(C3CCCCC3)CC2)c2cc(F)ccc21. The number of hydrogen-bond acceptors (Lipinski definition) is 2. The van der Waals surface area contributed by atoms with Crippen molar-refractivity contribution in [3.05, 3.63) is 29.6 Å². The van der Waals surface area contributed by atoms with Crippen molar-refractivity contribution in [2.24, 2.45) is 0 Å². The van der Waals surface area contributed by atoms with Crippen LogP contribution in [0.1, 0.15) is 57.4 Å². The molecular formula is C20H27FN2O. The van der Waals surface area contributed by atoms with Crippen molar-refractivity contribution in [3.8, 4) is 0 Å². The quantitative estimate of drug-likeness (QED) is 0.781. The third-order valence-electron chi connectivity index (χ3n) is 6.51. The molecule has 1 spiro atoms. The Morgan fingerprint density at radius 2 is 1.88 bits per heavy atom. The van der Waals surface area contributed by atoms with Crippen LogP contribution >= 0.6 is 0 Å². The highest BCUT2D eigenvalue weighted by Crippen LogP contribution is 2.47. The Morgan fingerprint density at radius 3 is 2.54 bits per heavy atom. The molecule has 1 aromatic carbocycles. The van der Waals surface area contributed by atoms with E-state index in [1.54, 1.807) is 19.1 Å². The van der Waals surface area contributed by atoms with E-state index >= 15 is 0 Å². The Balaban J connectivity index is 1.56. The van der Waals surface area contributed by atoms with Crippen LogP contribution in [-0.4, -0.2) is 36.5 Å². The molecule has 1 saturated carbocycles. The maximum atomic E-state index is 13.9. The molecule has 2 fully saturated rings. The van der Waals surface area contributed by atoms with Crippen molar-refractivity contribution < 1.29 is 9.18 Å². The highest BCUT2D eigenvalue weighted by atomic mass is 19.1. The molecule has 0 bridgehead atoms. The predicted octanol–water partition coefficient (Wildman–Crippen LogP) is 3.86. The smallest absolute Gasteiger partial charge is 0.223 e. The average molecular weight is 330 g/mol. The highest BCUT2D eigenvalue weighted by Gasteiger charge is 2.46. The lowest BCUT2D eigenvalue weighted by molar-refractivity contribution is -0.116. The second-order valence-corrected chi connectivity index (χ2v) is 7.87. The molecule has 4 heteroatoms. The number of hydrogen-bond donors (Lipinski definition) is 0. The van der Waals surface area contributed by atoms with Gasteiger partial charge in [0.05, 0.1) is 0 Å². The second-order valence-electron chi connectivity index (χ2n) is 7.87. The number of benzene rings is 1. The van der Waals surface area contributed by atoms with Gasteiger partial charge in [-0.05, 0) is 62.5 Å². The monoisotopic (exact) mass is 330 g/mol. The summed E-state index contributed by atoms with van der Waals surface area (Å²) in [7, 11) is 0. The van der Waals surface area contributed by atoms with Crippen LogP contribution in [0.5, 0.6) is 0 Å². The number of carbonyl (C=O) groups is 1. The van der Waals surface area contributed by atoms with E-state index in [0.29, 0.717) is 0 Å². The van der Waals surface area contributed by atoms with Gasteiger partial charge in [-0.15, -0.1) is 0 Å². The first kappa shape index (κ1) is 16.1. The zero-order valence-corrected chi connectivity index (χ0v) is 14.6. The molecule has 3 nitrogen and oxygen atoms in total. The van der Waals surface area contributed by atoms with E-state index in [1.165, 1.54) is 38.2 Å². The molecule has 1 aliphatic carbocycles. The minimum Gasteiger partial charge on any atom is -0.311 e. The molecule has 2 aliphatic heterocycles. The van der Waals surface area contributed by atoms with Crippen molar-refractivity contribution in [2.75, 3.05) is 24.5 Å². The Morgan fingerprint density at radius 1 is 1.17 bits per heavy atom. The fraction of sp³-hybridized carbons (Fsp3) is 0.650. The van der Waals surface area contributed by atoms with Crippen molar-refractivity contribution in [3.63, 3.8) is 0 Å². The van der Waals surface area contributed by atoms with E-state index in [0.717, 1.165) is 49.8 Å². The molecule has 130 valence electrons. The molecule has 24 heavy (non-hydrogen) atoms. The molecule has 1 amide bonds. The van der Waals surface area contributed by atoms with E-state index in [4.69, 9.17) is 0 Å². The van der Waals surface area contributed by atoms with Crippen LogP contribution in [0.3, 0.4) is 0 Å². The third-order valence-corrected chi connectivity index (χ3v) is 6.51. The summed E-state index contributed by atoms with van der Waals surface area (Å²) in [5.41, 5.74) is 1.94. The molecule has 0 radical (unpaired) electrons. The summed E-state index contributed by atoms with van der Waals surface area (Å²) in [5, 5.41) is 0. The van der Waals surface area contributed by atoms with E-state index in [1.807, 2.05) is 4.90 Å². The number of amides is 1. The van der Waals surface area contributed by atoms with Crippen LogP contribution in [0.2, 0.25) is 0 Å². The minimum atomic E-state index is -0.187. The Bertz CT molecular complexity index is 631. The van der Waals surface area contributed by atoms with Gasteiger partial charge in [-0.1, -0.05) is 19.3 Å². The van der Waals surface area contributed by atoms with E-state index < -0.39 is 0 Å². The van der Waals surface area contributed by atoms with Crippen LogP contribution in [0.25, 0.3) is 0 Å². The van der Waals surface area contributed by atoms with Crippen LogP contribution in [0, 0.1) is 5.82 Å². The summed E-state index contributed by atoms with van der Waals surface area (Å²) in [4.78, 5) is 16.6. The zero-order chi connectivity index (χ0) is 16.7.